The summed E-state index contributed by atoms with van der Waals surface area (Å²) in [6.45, 7) is 5.02. The first-order valence-corrected chi connectivity index (χ1v) is 7.14. The normalized spacial score (nSPS) is 16.4. The lowest BCUT2D eigenvalue weighted by Gasteiger charge is -2.20. The van der Waals surface area contributed by atoms with Gasteiger partial charge in [-0.25, -0.2) is 0 Å². The minimum atomic E-state index is 0.225. The van der Waals surface area contributed by atoms with Crippen molar-refractivity contribution in [2.45, 2.75) is 39.2 Å². The molecule has 0 spiro atoms. The van der Waals surface area contributed by atoms with Gasteiger partial charge in [0.15, 0.2) is 0 Å². The van der Waals surface area contributed by atoms with Crippen molar-refractivity contribution in [3.63, 3.8) is 0 Å². The van der Waals surface area contributed by atoms with E-state index in [4.69, 9.17) is 0 Å². The van der Waals surface area contributed by atoms with Crippen molar-refractivity contribution in [1.29, 1.82) is 0 Å². The van der Waals surface area contributed by atoms with E-state index in [1.807, 2.05) is 29.7 Å². The SMILES string of the molecule is Cc1c(CNCC(=O)N2CCCCCC2)cnn1C. The number of amides is 1. The van der Waals surface area contributed by atoms with E-state index in [-0.39, 0.29) is 5.91 Å². The van der Waals surface area contributed by atoms with Gasteiger partial charge in [-0.2, -0.15) is 5.10 Å². The molecule has 1 aliphatic rings. The third-order valence-corrected chi connectivity index (χ3v) is 3.89. The van der Waals surface area contributed by atoms with E-state index in [1.165, 1.54) is 12.8 Å². The Labute approximate surface area is 115 Å². The van der Waals surface area contributed by atoms with Crippen molar-refractivity contribution in [2.24, 2.45) is 7.05 Å². The smallest absolute Gasteiger partial charge is 0.236 e. The van der Waals surface area contributed by atoms with E-state index in [9.17, 15) is 4.79 Å². The molecule has 2 rings (SSSR count). The molecule has 1 aromatic rings. The van der Waals surface area contributed by atoms with Gasteiger partial charge in [-0.1, -0.05) is 12.8 Å². The summed E-state index contributed by atoms with van der Waals surface area (Å²) in [6.07, 6.45) is 6.66. The molecule has 1 saturated heterocycles. The Balaban J connectivity index is 1.75. The van der Waals surface area contributed by atoms with Crippen molar-refractivity contribution in [2.75, 3.05) is 19.6 Å². The minimum absolute atomic E-state index is 0.225. The Hall–Kier alpha value is -1.36. The number of aromatic nitrogens is 2. The van der Waals surface area contributed by atoms with Crippen molar-refractivity contribution in [3.05, 3.63) is 17.5 Å². The summed E-state index contributed by atoms with van der Waals surface area (Å²) < 4.78 is 1.85. The molecule has 0 aliphatic carbocycles. The van der Waals surface area contributed by atoms with E-state index < -0.39 is 0 Å². The molecule has 1 aliphatic heterocycles. The van der Waals surface area contributed by atoms with E-state index in [2.05, 4.69) is 10.4 Å². The zero-order valence-electron chi connectivity index (χ0n) is 12.0. The Morgan fingerprint density at radius 1 is 1.32 bits per heavy atom. The standard InChI is InChI=1S/C14H24N4O/c1-12-13(10-16-17(12)2)9-15-11-14(19)18-7-5-3-4-6-8-18/h10,15H,3-9,11H2,1-2H3. The molecule has 1 N–H and O–H groups in total. The van der Waals surface area contributed by atoms with Crippen LogP contribution in [0, 0.1) is 6.92 Å². The zero-order valence-corrected chi connectivity index (χ0v) is 12.0. The molecule has 19 heavy (non-hydrogen) atoms. The molecule has 0 unspecified atom stereocenters. The predicted molar refractivity (Wildman–Crippen MR) is 74.7 cm³/mol. The van der Waals surface area contributed by atoms with E-state index >= 15 is 0 Å². The fourth-order valence-electron chi connectivity index (χ4n) is 2.45. The molecule has 106 valence electrons. The van der Waals surface area contributed by atoms with Crippen LogP contribution in [0.3, 0.4) is 0 Å². The van der Waals surface area contributed by atoms with Crippen LogP contribution >= 0.6 is 0 Å². The van der Waals surface area contributed by atoms with Crippen LogP contribution in [0.1, 0.15) is 36.9 Å². The van der Waals surface area contributed by atoms with Crippen molar-refractivity contribution >= 4 is 5.91 Å². The van der Waals surface area contributed by atoms with Crippen LogP contribution in [0.25, 0.3) is 0 Å². The molecule has 5 nitrogen and oxygen atoms in total. The van der Waals surface area contributed by atoms with Crippen LogP contribution < -0.4 is 5.32 Å². The second kappa shape index (κ2) is 6.70. The lowest BCUT2D eigenvalue weighted by Crippen LogP contribution is -2.38. The summed E-state index contributed by atoms with van der Waals surface area (Å²) in [5.74, 6) is 0.225. The monoisotopic (exact) mass is 264 g/mol. The highest BCUT2D eigenvalue weighted by atomic mass is 16.2. The maximum absolute atomic E-state index is 12.1. The second-order valence-electron chi connectivity index (χ2n) is 5.28. The average molecular weight is 264 g/mol. The van der Waals surface area contributed by atoms with Gasteiger partial charge in [0.1, 0.15) is 0 Å². The van der Waals surface area contributed by atoms with Gasteiger partial charge in [-0.05, 0) is 19.8 Å². The maximum Gasteiger partial charge on any atom is 0.236 e. The average Bonchev–Trinajstić information content (AvgIpc) is 2.65. The van der Waals surface area contributed by atoms with Gasteiger partial charge in [-0.3, -0.25) is 9.48 Å². The predicted octanol–water partition coefficient (Wildman–Crippen LogP) is 1.22. The molecule has 0 radical (unpaired) electrons. The number of hydrogen-bond donors (Lipinski definition) is 1. The molecular weight excluding hydrogens is 240 g/mol. The van der Waals surface area contributed by atoms with Gasteiger partial charge in [-0.15, -0.1) is 0 Å². The number of hydrogen-bond acceptors (Lipinski definition) is 3. The van der Waals surface area contributed by atoms with Gasteiger partial charge in [0.2, 0.25) is 5.91 Å². The number of carbonyl (C=O) groups is 1. The topological polar surface area (TPSA) is 50.2 Å². The Morgan fingerprint density at radius 3 is 2.58 bits per heavy atom. The minimum Gasteiger partial charge on any atom is -0.342 e. The summed E-state index contributed by atoms with van der Waals surface area (Å²) in [5.41, 5.74) is 2.31. The lowest BCUT2D eigenvalue weighted by molar-refractivity contribution is -0.130. The highest BCUT2D eigenvalue weighted by molar-refractivity contribution is 5.78. The first-order valence-electron chi connectivity index (χ1n) is 7.14. The van der Waals surface area contributed by atoms with Gasteiger partial charge < -0.3 is 10.2 Å². The van der Waals surface area contributed by atoms with Crippen molar-refractivity contribution in [3.8, 4) is 0 Å². The zero-order chi connectivity index (χ0) is 13.7. The van der Waals surface area contributed by atoms with Crippen LogP contribution in [0.2, 0.25) is 0 Å². The Kier molecular flexibility index (Phi) is 4.96. The molecular formula is C14H24N4O. The van der Waals surface area contributed by atoms with E-state index in [1.54, 1.807) is 0 Å². The van der Waals surface area contributed by atoms with Crippen LogP contribution in [0.15, 0.2) is 6.20 Å². The van der Waals surface area contributed by atoms with Crippen LogP contribution in [0.4, 0.5) is 0 Å². The fourth-order valence-corrected chi connectivity index (χ4v) is 2.45. The molecule has 0 saturated carbocycles. The molecule has 0 aromatic carbocycles. The molecule has 0 atom stereocenters. The Bertz CT molecular complexity index is 419. The van der Waals surface area contributed by atoms with Crippen molar-refractivity contribution in [1.82, 2.24) is 20.0 Å². The number of carbonyl (C=O) groups excluding carboxylic acids is 1. The third-order valence-electron chi connectivity index (χ3n) is 3.89. The number of aryl methyl sites for hydroxylation is 1. The molecule has 1 amide bonds. The maximum atomic E-state index is 12.1. The summed E-state index contributed by atoms with van der Waals surface area (Å²) in [6, 6.07) is 0. The highest BCUT2D eigenvalue weighted by Gasteiger charge is 2.15. The van der Waals surface area contributed by atoms with Gasteiger partial charge in [0.25, 0.3) is 0 Å². The van der Waals surface area contributed by atoms with Crippen LogP contribution in [-0.4, -0.2) is 40.2 Å². The number of nitrogens with one attached hydrogen (secondary N) is 1. The Morgan fingerprint density at radius 2 is 2.00 bits per heavy atom. The summed E-state index contributed by atoms with van der Waals surface area (Å²) in [4.78, 5) is 14.1. The van der Waals surface area contributed by atoms with Gasteiger partial charge in [0, 0.05) is 37.9 Å². The summed E-state index contributed by atoms with van der Waals surface area (Å²) in [7, 11) is 1.93. The molecule has 5 heteroatoms. The van der Waals surface area contributed by atoms with Gasteiger partial charge >= 0.3 is 0 Å². The van der Waals surface area contributed by atoms with Gasteiger partial charge in [0.05, 0.1) is 12.7 Å². The summed E-state index contributed by atoms with van der Waals surface area (Å²) >= 11 is 0. The quantitative estimate of drug-likeness (QED) is 0.889. The van der Waals surface area contributed by atoms with Crippen LogP contribution in [0.5, 0.6) is 0 Å². The van der Waals surface area contributed by atoms with Crippen molar-refractivity contribution < 1.29 is 4.79 Å². The molecule has 0 bridgehead atoms. The third kappa shape index (κ3) is 3.80. The first kappa shape index (κ1) is 14.1. The van der Waals surface area contributed by atoms with E-state index in [0.717, 1.165) is 37.2 Å². The number of nitrogens with zero attached hydrogens (tertiary/aromatic N) is 3. The largest absolute Gasteiger partial charge is 0.342 e. The van der Waals surface area contributed by atoms with Crippen LogP contribution in [-0.2, 0) is 18.4 Å². The van der Waals surface area contributed by atoms with E-state index in [0.29, 0.717) is 13.1 Å². The lowest BCUT2D eigenvalue weighted by atomic mass is 10.2. The number of rotatable bonds is 4. The first-order chi connectivity index (χ1) is 9.18. The highest BCUT2D eigenvalue weighted by Crippen LogP contribution is 2.09. The molecule has 1 aromatic heterocycles. The second-order valence-corrected chi connectivity index (χ2v) is 5.28. The molecule has 1 fully saturated rings. The molecule has 2 heterocycles. The fraction of sp³-hybridized carbons (Fsp3) is 0.714. The summed E-state index contributed by atoms with van der Waals surface area (Å²) in [5, 5.41) is 7.43. The number of likely N-dealkylation sites (tertiary alicyclic amines) is 1.